The van der Waals surface area contributed by atoms with E-state index in [2.05, 4.69) is 26.1 Å². The molecule has 1 heterocycles. The molecule has 0 atom stereocenters. The van der Waals surface area contributed by atoms with E-state index in [-0.39, 0.29) is 17.4 Å². The number of nitrogens with one attached hydrogen (secondary N) is 1. The molecule has 1 spiro atoms. The largest absolute Gasteiger partial charge is 0.496 e. The lowest BCUT2D eigenvalue weighted by Crippen LogP contribution is -2.59. The van der Waals surface area contributed by atoms with E-state index in [1.807, 2.05) is 12.3 Å². The zero-order valence-electron chi connectivity index (χ0n) is 14.8. The van der Waals surface area contributed by atoms with Crippen molar-refractivity contribution in [2.75, 3.05) is 18.3 Å². The summed E-state index contributed by atoms with van der Waals surface area (Å²) in [6, 6.07) is 5.06. The van der Waals surface area contributed by atoms with Crippen LogP contribution in [0.3, 0.4) is 0 Å². The molecule has 1 aromatic carbocycles. The molecule has 1 saturated heterocycles. The maximum atomic E-state index is 13.0. The maximum Gasteiger partial charge on any atom is 0.329 e. The van der Waals surface area contributed by atoms with Crippen LogP contribution in [0.4, 0.5) is 10.5 Å². The molecule has 1 aliphatic heterocycles. The minimum atomic E-state index is -0.714. The number of carbonyl (C=O) groups is 2. The quantitative estimate of drug-likeness (QED) is 0.669. The van der Waals surface area contributed by atoms with Gasteiger partial charge < -0.3 is 10.1 Å². The number of benzene rings is 1. The number of rotatable bonds is 3. The first-order chi connectivity index (χ1) is 11.2. The van der Waals surface area contributed by atoms with Crippen LogP contribution in [-0.2, 0) is 4.79 Å². The Balaban J connectivity index is 1.86. The highest BCUT2D eigenvalue weighted by atomic mass is 32.2. The van der Waals surface area contributed by atoms with Gasteiger partial charge in [0.15, 0.2) is 0 Å². The molecule has 1 saturated carbocycles. The average molecular weight is 348 g/mol. The van der Waals surface area contributed by atoms with Crippen LogP contribution < -0.4 is 15.0 Å². The summed E-state index contributed by atoms with van der Waals surface area (Å²) in [5, 5.41) is 2.93. The smallest absolute Gasteiger partial charge is 0.329 e. The van der Waals surface area contributed by atoms with Crippen LogP contribution in [0.1, 0.15) is 33.6 Å². The first-order valence-electron chi connectivity index (χ1n) is 8.10. The van der Waals surface area contributed by atoms with Gasteiger partial charge in [0.1, 0.15) is 11.3 Å². The molecule has 130 valence electrons. The van der Waals surface area contributed by atoms with Crippen LogP contribution in [0.25, 0.3) is 0 Å². The molecule has 1 aromatic rings. The Bertz CT molecular complexity index is 690. The van der Waals surface area contributed by atoms with Gasteiger partial charge in [-0.05, 0) is 48.6 Å². The number of amides is 3. The summed E-state index contributed by atoms with van der Waals surface area (Å²) >= 11 is 1.52. The molecule has 0 bridgehead atoms. The van der Waals surface area contributed by atoms with E-state index in [0.29, 0.717) is 24.4 Å². The molecule has 3 amide bonds. The topological polar surface area (TPSA) is 58.6 Å². The number of imide groups is 1. The van der Waals surface area contributed by atoms with Crippen molar-refractivity contribution < 1.29 is 14.3 Å². The number of carbonyl (C=O) groups excluding carboxylic acids is 2. The van der Waals surface area contributed by atoms with Crippen molar-refractivity contribution in [2.45, 2.75) is 44.0 Å². The Kier molecular flexibility index (Phi) is 4.06. The Hall–Kier alpha value is -1.69. The number of hydrogen-bond donors (Lipinski definition) is 1. The van der Waals surface area contributed by atoms with Gasteiger partial charge in [0, 0.05) is 0 Å². The molecule has 6 heteroatoms. The highest BCUT2D eigenvalue weighted by molar-refractivity contribution is 7.98. The van der Waals surface area contributed by atoms with Crippen molar-refractivity contribution in [1.29, 1.82) is 0 Å². The minimum absolute atomic E-state index is 0.134. The zero-order valence-corrected chi connectivity index (χ0v) is 15.6. The van der Waals surface area contributed by atoms with E-state index >= 15 is 0 Å². The highest BCUT2D eigenvalue weighted by Gasteiger charge is 2.60. The van der Waals surface area contributed by atoms with Crippen LogP contribution in [0.2, 0.25) is 0 Å². The molecule has 5 nitrogen and oxygen atoms in total. The second kappa shape index (κ2) is 5.69. The maximum absolute atomic E-state index is 13.0. The zero-order chi connectivity index (χ0) is 17.7. The molecule has 0 radical (unpaired) electrons. The second-order valence-corrected chi connectivity index (χ2v) is 8.51. The Morgan fingerprint density at radius 2 is 1.96 bits per heavy atom. The summed E-state index contributed by atoms with van der Waals surface area (Å²) in [6.45, 7) is 6.54. The van der Waals surface area contributed by atoms with Gasteiger partial charge in [0.05, 0.1) is 17.7 Å². The SMILES string of the molecule is COc1ccc(N2C(=O)NC3(CC(C(C)(C)C)C3)C2=O)cc1SC. The molecule has 1 N–H and O–H groups in total. The van der Waals surface area contributed by atoms with Crippen molar-refractivity contribution in [2.24, 2.45) is 11.3 Å². The molecule has 0 aromatic heterocycles. The fourth-order valence-electron chi connectivity index (χ4n) is 3.49. The molecule has 1 aliphatic carbocycles. The van der Waals surface area contributed by atoms with Gasteiger partial charge in [-0.3, -0.25) is 4.79 Å². The molecular formula is C18H24N2O3S. The summed E-state index contributed by atoms with van der Waals surface area (Å²) in [7, 11) is 1.61. The van der Waals surface area contributed by atoms with Gasteiger partial charge in [-0.15, -0.1) is 11.8 Å². The molecule has 0 unspecified atom stereocenters. The van der Waals surface area contributed by atoms with Gasteiger partial charge in [0.25, 0.3) is 5.91 Å². The standard InChI is InChI=1S/C18H24N2O3S/c1-17(2,3)11-9-18(10-11)15(21)20(16(22)19-18)12-6-7-13(23-4)14(8-12)24-5/h6-8,11H,9-10H2,1-5H3,(H,19,22). The third-order valence-corrected chi connectivity index (χ3v) is 5.96. The van der Waals surface area contributed by atoms with Crippen LogP contribution in [0, 0.1) is 11.3 Å². The summed E-state index contributed by atoms with van der Waals surface area (Å²) in [5.74, 6) is 1.05. The van der Waals surface area contributed by atoms with Crippen molar-refractivity contribution in [3.8, 4) is 5.75 Å². The first kappa shape index (κ1) is 17.1. The minimum Gasteiger partial charge on any atom is -0.496 e. The van der Waals surface area contributed by atoms with E-state index in [0.717, 1.165) is 10.6 Å². The fraction of sp³-hybridized carbons (Fsp3) is 0.556. The van der Waals surface area contributed by atoms with Gasteiger partial charge in [-0.25, -0.2) is 9.69 Å². The molecule has 24 heavy (non-hydrogen) atoms. The summed E-state index contributed by atoms with van der Waals surface area (Å²) in [4.78, 5) is 27.6. The Labute approximate surface area is 147 Å². The Morgan fingerprint density at radius 1 is 1.29 bits per heavy atom. The number of hydrogen-bond acceptors (Lipinski definition) is 4. The molecule has 2 aliphatic rings. The summed E-state index contributed by atoms with van der Waals surface area (Å²) in [5.41, 5.74) is 0.0309. The summed E-state index contributed by atoms with van der Waals surface area (Å²) in [6.07, 6.45) is 3.36. The van der Waals surface area contributed by atoms with E-state index in [9.17, 15) is 9.59 Å². The fourth-order valence-corrected chi connectivity index (χ4v) is 4.08. The van der Waals surface area contributed by atoms with Crippen molar-refractivity contribution in [3.05, 3.63) is 18.2 Å². The lowest BCUT2D eigenvalue weighted by molar-refractivity contribution is -0.128. The predicted octanol–water partition coefficient (Wildman–Crippen LogP) is 3.67. The number of ether oxygens (including phenoxy) is 1. The third kappa shape index (κ3) is 2.57. The van der Waals surface area contributed by atoms with Crippen molar-refractivity contribution in [3.63, 3.8) is 0 Å². The number of anilines is 1. The summed E-state index contributed by atoms with van der Waals surface area (Å²) < 4.78 is 5.31. The predicted molar refractivity (Wildman–Crippen MR) is 95.7 cm³/mol. The number of nitrogens with zero attached hydrogens (tertiary/aromatic N) is 1. The van der Waals surface area contributed by atoms with Gasteiger partial charge in [-0.1, -0.05) is 20.8 Å². The number of thioether (sulfide) groups is 1. The van der Waals surface area contributed by atoms with Crippen molar-refractivity contribution >= 4 is 29.4 Å². The second-order valence-electron chi connectivity index (χ2n) is 7.66. The normalized spacial score (nSPS) is 26.5. The molecule has 2 fully saturated rings. The highest BCUT2D eigenvalue weighted by Crippen LogP contribution is 2.50. The molecule has 3 rings (SSSR count). The lowest BCUT2D eigenvalue weighted by Gasteiger charge is -2.48. The lowest BCUT2D eigenvalue weighted by atomic mass is 9.59. The van der Waals surface area contributed by atoms with Crippen LogP contribution in [0.5, 0.6) is 5.75 Å². The first-order valence-corrected chi connectivity index (χ1v) is 9.33. The number of methoxy groups -OCH3 is 1. The monoisotopic (exact) mass is 348 g/mol. The molecular weight excluding hydrogens is 324 g/mol. The van der Waals surface area contributed by atoms with Gasteiger partial charge in [0.2, 0.25) is 0 Å². The van der Waals surface area contributed by atoms with Crippen molar-refractivity contribution in [1.82, 2.24) is 5.32 Å². The number of urea groups is 1. The van der Waals surface area contributed by atoms with Crippen LogP contribution in [-0.4, -0.2) is 30.8 Å². The van der Waals surface area contributed by atoms with Crippen LogP contribution >= 0.6 is 11.8 Å². The Morgan fingerprint density at radius 3 is 2.50 bits per heavy atom. The average Bonchev–Trinajstić information content (AvgIpc) is 2.75. The van der Waals surface area contributed by atoms with E-state index in [4.69, 9.17) is 4.74 Å². The van der Waals surface area contributed by atoms with E-state index in [1.165, 1.54) is 16.7 Å². The van der Waals surface area contributed by atoms with E-state index < -0.39 is 5.54 Å². The third-order valence-electron chi connectivity index (χ3n) is 5.20. The van der Waals surface area contributed by atoms with Crippen LogP contribution in [0.15, 0.2) is 23.1 Å². The van der Waals surface area contributed by atoms with Gasteiger partial charge in [-0.2, -0.15) is 0 Å². The van der Waals surface area contributed by atoms with Gasteiger partial charge >= 0.3 is 6.03 Å². The van der Waals surface area contributed by atoms with E-state index in [1.54, 1.807) is 19.2 Å².